The number of hydrogen-bond donors (Lipinski definition) is 1. The first-order chi connectivity index (χ1) is 6.24. The quantitative estimate of drug-likeness (QED) is 0.745. The van der Waals surface area contributed by atoms with Gasteiger partial charge in [0.05, 0.1) is 0 Å². The largest absolute Gasteiger partial charge is 0.480 e. The fourth-order valence-corrected chi connectivity index (χ4v) is 3.01. The number of thioether (sulfide) groups is 1. The molecular formula is C10H18O2S. The fourth-order valence-electron chi connectivity index (χ4n) is 1.79. The van der Waals surface area contributed by atoms with Gasteiger partial charge in [0.1, 0.15) is 5.25 Å². The minimum atomic E-state index is -0.648. The van der Waals surface area contributed by atoms with E-state index in [1.54, 1.807) is 11.8 Å². The van der Waals surface area contributed by atoms with Crippen LogP contribution < -0.4 is 0 Å². The van der Waals surface area contributed by atoms with Crippen LogP contribution in [0.1, 0.15) is 39.0 Å². The van der Waals surface area contributed by atoms with Gasteiger partial charge in [0.15, 0.2) is 0 Å². The third-order valence-corrected chi connectivity index (χ3v) is 4.26. The van der Waals surface area contributed by atoms with E-state index in [1.165, 1.54) is 25.7 Å². The Hall–Kier alpha value is -0.180. The van der Waals surface area contributed by atoms with Crippen molar-refractivity contribution in [3.63, 3.8) is 0 Å². The molecule has 1 rings (SSSR count). The second-order valence-corrected chi connectivity index (χ2v) is 4.95. The highest BCUT2D eigenvalue weighted by Crippen LogP contribution is 2.29. The molecule has 0 radical (unpaired) electrons. The number of rotatable bonds is 5. The van der Waals surface area contributed by atoms with Gasteiger partial charge in [-0.3, -0.25) is 4.79 Å². The second-order valence-electron chi connectivity index (χ2n) is 3.72. The second kappa shape index (κ2) is 5.53. The third kappa shape index (κ3) is 3.59. The molecule has 0 aromatic rings. The highest BCUT2D eigenvalue weighted by molar-refractivity contribution is 8.00. The van der Waals surface area contributed by atoms with Crippen molar-refractivity contribution in [2.45, 2.75) is 44.3 Å². The Kier molecular flexibility index (Phi) is 4.64. The van der Waals surface area contributed by atoms with Crippen LogP contribution in [-0.2, 0) is 4.79 Å². The van der Waals surface area contributed by atoms with Crippen molar-refractivity contribution in [1.29, 1.82) is 0 Å². The Balaban J connectivity index is 2.18. The Morgan fingerprint density at radius 2 is 2.15 bits per heavy atom. The van der Waals surface area contributed by atoms with E-state index in [0.717, 1.165) is 18.1 Å². The Morgan fingerprint density at radius 1 is 1.54 bits per heavy atom. The zero-order valence-corrected chi connectivity index (χ0v) is 8.98. The molecule has 0 aromatic heterocycles. The monoisotopic (exact) mass is 202 g/mol. The molecule has 0 bridgehead atoms. The summed E-state index contributed by atoms with van der Waals surface area (Å²) in [5, 5.41) is 8.65. The van der Waals surface area contributed by atoms with Crippen LogP contribution >= 0.6 is 11.8 Å². The summed E-state index contributed by atoms with van der Waals surface area (Å²) in [4.78, 5) is 10.7. The van der Waals surface area contributed by atoms with E-state index in [1.807, 2.05) is 6.92 Å². The minimum absolute atomic E-state index is 0.180. The van der Waals surface area contributed by atoms with Gasteiger partial charge in [-0.15, -0.1) is 11.8 Å². The van der Waals surface area contributed by atoms with Crippen molar-refractivity contribution in [2.75, 3.05) is 5.75 Å². The van der Waals surface area contributed by atoms with E-state index in [2.05, 4.69) is 0 Å². The van der Waals surface area contributed by atoms with Crippen LogP contribution in [0.3, 0.4) is 0 Å². The molecule has 2 nitrogen and oxygen atoms in total. The van der Waals surface area contributed by atoms with Crippen LogP contribution in [0.4, 0.5) is 0 Å². The SMILES string of the molecule is CCC(SCC1CCCC1)C(=O)O. The molecular weight excluding hydrogens is 184 g/mol. The lowest BCUT2D eigenvalue weighted by Gasteiger charge is -2.12. The summed E-state index contributed by atoms with van der Waals surface area (Å²) in [6.45, 7) is 1.94. The van der Waals surface area contributed by atoms with Crippen molar-refractivity contribution >= 4 is 17.7 Å². The van der Waals surface area contributed by atoms with Gasteiger partial charge >= 0.3 is 5.97 Å². The molecule has 13 heavy (non-hydrogen) atoms. The normalized spacial score (nSPS) is 20.4. The maximum Gasteiger partial charge on any atom is 0.316 e. The molecule has 1 saturated carbocycles. The Labute approximate surface area is 84.1 Å². The molecule has 1 aliphatic carbocycles. The van der Waals surface area contributed by atoms with Gasteiger partial charge in [-0.05, 0) is 30.9 Å². The fraction of sp³-hybridized carbons (Fsp3) is 0.900. The van der Waals surface area contributed by atoms with E-state index in [4.69, 9.17) is 5.11 Å². The van der Waals surface area contributed by atoms with Gasteiger partial charge in [-0.2, -0.15) is 0 Å². The van der Waals surface area contributed by atoms with E-state index >= 15 is 0 Å². The number of hydrogen-bond acceptors (Lipinski definition) is 2. The summed E-state index contributed by atoms with van der Waals surface area (Å²) >= 11 is 1.63. The van der Waals surface area contributed by atoms with E-state index < -0.39 is 5.97 Å². The van der Waals surface area contributed by atoms with Crippen LogP contribution in [0, 0.1) is 5.92 Å². The van der Waals surface area contributed by atoms with Gasteiger partial charge in [0.25, 0.3) is 0 Å². The first-order valence-electron chi connectivity index (χ1n) is 5.08. The zero-order valence-electron chi connectivity index (χ0n) is 8.16. The molecule has 76 valence electrons. The van der Waals surface area contributed by atoms with E-state index in [-0.39, 0.29) is 5.25 Å². The predicted octanol–water partition coefficient (Wildman–Crippen LogP) is 2.77. The lowest BCUT2D eigenvalue weighted by atomic mass is 10.1. The minimum Gasteiger partial charge on any atom is -0.480 e. The van der Waals surface area contributed by atoms with Gasteiger partial charge in [0, 0.05) is 0 Å². The summed E-state index contributed by atoms with van der Waals surface area (Å²) in [5.41, 5.74) is 0. The molecule has 0 spiro atoms. The maximum absolute atomic E-state index is 10.7. The van der Waals surface area contributed by atoms with Gasteiger partial charge in [-0.25, -0.2) is 0 Å². The average molecular weight is 202 g/mol. The molecule has 1 fully saturated rings. The van der Waals surface area contributed by atoms with E-state index in [0.29, 0.717) is 0 Å². The molecule has 1 unspecified atom stereocenters. The molecule has 0 heterocycles. The molecule has 0 aromatic carbocycles. The Bertz CT molecular complexity index is 164. The average Bonchev–Trinajstić information content (AvgIpc) is 2.57. The summed E-state index contributed by atoms with van der Waals surface area (Å²) in [6.07, 6.45) is 6.04. The summed E-state index contributed by atoms with van der Waals surface area (Å²) in [7, 11) is 0. The molecule has 0 amide bonds. The highest BCUT2D eigenvalue weighted by Gasteiger charge is 2.20. The smallest absolute Gasteiger partial charge is 0.316 e. The summed E-state index contributed by atoms with van der Waals surface area (Å²) in [6, 6.07) is 0. The van der Waals surface area contributed by atoms with Gasteiger partial charge < -0.3 is 5.11 Å². The van der Waals surface area contributed by atoms with Crippen LogP contribution in [0.5, 0.6) is 0 Å². The summed E-state index contributed by atoms with van der Waals surface area (Å²) in [5.74, 6) is 1.19. The van der Waals surface area contributed by atoms with Crippen LogP contribution in [0.2, 0.25) is 0 Å². The standard InChI is InChI=1S/C10H18O2S/c1-2-9(10(11)12)13-7-8-5-3-4-6-8/h8-9H,2-7H2,1H3,(H,11,12). The highest BCUT2D eigenvalue weighted by atomic mass is 32.2. The van der Waals surface area contributed by atoms with Gasteiger partial charge in [-0.1, -0.05) is 19.8 Å². The van der Waals surface area contributed by atoms with Crippen LogP contribution in [0.25, 0.3) is 0 Å². The number of aliphatic carboxylic acids is 1. The Morgan fingerprint density at radius 3 is 2.62 bits per heavy atom. The summed E-state index contributed by atoms with van der Waals surface area (Å²) < 4.78 is 0. The number of carboxylic acid groups (broad SMARTS) is 1. The van der Waals surface area contributed by atoms with Crippen molar-refractivity contribution in [3.8, 4) is 0 Å². The lowest BCUT2D eigenvalue weighted by Crippen LogP contribution is -2.16. The maximum atomic E-state index is 10.7. The lowest BCUT2D eigenvalue weighted by molar-refractivity contribution is -0.136. The topological polar surface area (TPSA) is 37.3 Å². The zero-order chi connectivity index (χ0) is 9.68. The van der Waals surface area contributed by atoms with Crippen molar-refractivity contribution in [3.05, 3.63) is 0 Å². The molecule has 1 N–H and O–H groups in total. The van der Waals surface area contributed by atoms with Crippen molar-refractivity contribution in [2.24, 2.45) is 5.92 Å². The first-order valence-corrected chi connectivity index (χ1v) is 6.13. The third-order valence-electron chi connectivity index (χ3n) is 2.65. The van der Waals surface area contributed by atoms with Crippen molar-refractivity contribution < 1.29 is 9.90 Å². The van der Waals surface area contributed by atoms with Gasteiger partial charge in [0.2, 0.25) is 0 Å². The van der Waals surface area contributed by atoms with Crippen LogP contribution in [0.15, 0.2) is 0 Å². The molecule has 1 atom stereocenters. The van der Waals surface area contributed by atoms with Crippen LogP contribution in [-0.4, -0.2) is 22.1 Å². The molecule has 0 saturated heterocycles. The molecule has 3 heteroatoms. The van der Waals surface area contributed by atoms with Crippen molar-refractivity contribution in [1.82, 2.24) is 0 Å². The number of carbonyl (C=O) groups is 1. The first kappa shape index (κ1) is 10.9. The molecule has 1 aliphatic rings. The van der Waals surface area contributed by atoms with E-state index in [9.17, 15) is 4.79 Å². The predicted molar refractivity (Wildman–Crippen MR) is 56.1 cm³/mol. The number of carboxylic acids is 1. The molecule has 0 aliphatic heterocycles.